The van der Waals surface area contributed by atoms with Crippen molar-refractivity contribution in [1.82, 2.24) is 9.97 Å². The first-order valence-corrected chi connectivity index (χ1v) is 8.02. The average molecular weight is 354 g/mol. The zero-order chi connectivity index (χ0) is 17.9. The largest absolute Gasteiger partial charge is 0.382 e. The SMILES string of the molecule is CC[C@H](C)Sc1nc(N)c(NC(=O)c2ccc(F)c(F)c2)c(=O)[nH]1. The molecule has 2 rings (SSSR count). The third-order valence-corrected chi connectivity index (χ3v) is 4.39. The number of amides is 1. The molecular weight excluding hydrogens is 338 g/mol. The van der Waals surface area contributed by atoms with E-state index >= 15 is 0 Å². The molecule has 9 heteroatoms. The first kappa shape index (κ1) is 17.9. The molecule has 1 aromatic carbocycles. The molecule has 128 valence electrons. The maximum Gasteiger partial charge on any atom is 0.277 e. The van der Waals surface area contributed by atoms with Crippen LogP contribution in [-0.2, 0) is 0 Å². The Hall–Kier alpha value is -2.42. The van der Waals surface area contributed by atoms with Gasteiger partial charge in [0.15, 0.2) is 22.6 Å². The van der Waals surface area contributed by atoms with E-state index in [0.717, 1.165) is 24.6 Å². The number of halogens is 2. The first-order valence-electron chi connectivity index (χ1n) is 7.14. The Morgan fingerprint density at radius 1 is 1.42 bits per heavy atom. The number of carbonyl (C=O) groups excluding carboxylic acids is 1. The molecule has 24 heavy (non-hydrogen) atoms. The van der Waals surface area contributed by atoms with Crippen LogP contribution in [0.3, 0.4) is 0 Å². The molecule has 0 saturated carbocycles. The molecule has 1 heterocycles. The Kier molecular flexibility index (Phi) is 5.55. The van der Waals surface area contributed by atoms with E-state index in [2.05, 4.69) is 15.3 Å². The van der Waals surface area contributed by atoms with Crippen LogP contribution in [0, 0.1) is 11.6 Å². The topological polar surface area (TPSA) is 101 Å². The molecule has 2 aromatic rings. The minimum Gasteiger partial charge on any atom is -0.382 e. The monoisotopic (exact) mass is 354 g/mol. The normalized spacial score (nSPS) is 12.0. The Balaban J connectivity index is 2.24. The predicted octanol–water partition coefficient (Wildman–Crippen LogP) is 2.77. The van der Waals surface area contributed by atoms with Crippen LogP contribution in [0.5, 0.6) is 0 Å². The number of nitrogens with two attached hydrogens (primary N) is 1. The van der Waals surface area contributed by atoms with Crippen LogP contribution in [-0.4, -0.2) is 21.1 Å². The molecule has 6 nitrogen and oxygen atoms in total. The molecule has 0 radical (unpaired) electrons. The van der Waals surface area contributed by atoms with Crippen molar-refractivity contribution in [1.29, 1.82) is 0 Å². The van der Waals surface area contributed by atoms with E-state index in [9.17, 15) is 18.4 Å². The van der Waals surface area contributed by atoms with Gasteiger partial charge < -0.3 is 11.1 Å². The van der Waals surface area contributed by atoms with Gasteiger partial charge in [0, 0.05) is 10.8 Å². The Morgan fingerprint density at radius 3 is 2.71 bits per heavy atom. The third kappa shape index (κ3) is 4.10. The Morgan fingerprint density at radius 2 is 2.12 bits per heavy atom. The summed E-state index contributed by atoms with van der Waals surface area (Å²) in [5, 5.41) is 2.84. The molecule has 0 spiro atoms. The van der Waals surface area contributed by atoms with Crippen LogP contribution >= 0.6 is 11.8 Å². The van der Waals surface area contributed by atoms with Crippen molar-refractivity contribution in [2.75, 3.05) is 11.1 Å². The summed E-state index contributed by atoms with van der Waals surface area (Å²) in [5.74, 6) is -3.18. The van der Waals surface area contributed by atoms with Crippen molar-refractivity contribution < 1.29 is 13.6 Å². The van der Waals surface area contributed by atoms with Gasteiger partial charge in [0.2, 0.25) is 0 Å². The van der Waals surface area contributed by atoms with Crippen LogP contribution < -0.4 is 16.6 Å². The van der Waals surface area contributed by atoms with Crippen LogP contribution in [0.4, 0.5) is 20.3 Å². The number of hydrogen-bond donors (Lipinski definition) is 3. The van der Waals surface area contributed by atoms with Gasteiger partial charge in [0.1, 0.15) is 5.69 Å². The quantitative estimate of drug-likeness (QED) is 0.566. The highest BCUT2D eigenvalue weighted by molar-refractivity contribution is 7.99. The van der Waals surface area contributed by atoms with Crippen LogP contribution in [0.15, 0.2) is 28.2 Å². The average Bonchev–Trinajstić information content (AvgIpc) is 2.53. The second-order valence-corrected chi connectivity index (χ2v) is 6.48. The maximum atomic E-state index is 13.2. The zero-order valence-corrected chi connectivity index (χ0v) is 13.8. The summed E-state index contributed by atoms with van der Waals surface area (Å²) in [7, 11) is 0. The molecule has 0 aliphatic rings. The van der Waals surface area contributed by atoms with Gasteiger partial charge in [-0.05, 0) is 24.6 Å². The predicted molar refractivity (Wildman–Crippen MR) is 89.2 cm³/mol. The fourth-order valence-electron chi connectivity index (χ4n) is 1.74. The summed E-state index contributed by atoms with van der Waals surface area (Å²) in [5.41, 5.74) is 4.72. The van der Waals surface area contributed by atoms with Gasteiger partial charge in [0.25, 0.3) is 11.5 Å². The molecule has 0 bridgehead atoms. The summed E-state index contributed by atoms with van der Waals surface area (Å²) in [6.45, 7) is 3.97. The molecule has 4 N–H and O–H groups in total. The Labute approximate surface area is 140 Å². The number of carbonyl (C=O) groups is 1. The van der Waals surface area contributed by atoms with Crippen molar-refractivity contribution in [3.8, 4) is 0 Å². The number of nitrogen functional groups attached to an aromatic ring is 1. The van der Waals surface area contributed by atoms with Crippen LogP contribution in [0.1, 0.15) is 30.6 Å². The lowest BCUT2D eigenvalue weighted by Gasteiger charge is -2.10. The summed E-state index contributed by atoms with van der Waals surface area (Å²) in [6.07, 6.45) is 0.878. The van der Waals surface area contributed by atoms with E-state index in [4.69, 9.17) is 5.73 Å². The van der Waals surface area contributed by atoms with E-state index in [1.54, 1.807) is 0 Å². The van der Waals surface area contributed by atoms with Crippen molar-refractivity contribution in [2.24, 2.45) is 0 Å². The molecule has 1 atom stereocenters. The van der Waals surface area contributed by atoms with Crippen molar-refractivity contribution >= 4 is 29.2 Å². The fraction of sp³-hybridized carbons (Fsp3) is 0.267. The number of H-pyrrole nitrogens is 1. The number of hydrogen-bond acceptors (Lipinski definition) is 5. The molecular formula is C15H16F2N4O2S. The fourth-order valence-corrected chi connectivity index (χ4v) is 2.59. The summed E-state index contributed by atoms with van der Waals surface area (Å²) in [6, 6.07) is 2.65. The molecule has 1 aromatic heterocycles. The van der Waals surface area contributed by atoms with Crippen molar-refractivity contribution in [3.63, 3.8) is 0 Å². The standard InChI is InChI=1S/C15H16F2N4O2S/c1-3-7(2)24-15-20-12(18)11(14(23)21-15)19-13(22)8-4-5-9(16)10(17)6-8/h4-7H,3H2,1-2H3,(H,19,22)(H3,18,20,21,23)/t7-/m0/s1. The number of aromatic nitrogens is 2. The van der Waals surface area contributed by atoms with E-state index in [-0.39, 0.29) is 22.3 Å². The highest BCUT2D eigenvalue weighted by Crippen LogP contribution is 2.23. The van der Waals surface area contributed by atoms with Gasteiger partial charge in [0.05, 0.1) is 0 Å². The Bertz CT molecular complexity index is 826. The summed E-state index contributed by atoms with van der Waals surface area (Å²) < 4.78 is 26.1. The maximum absolute atomic E-state index is 13.2. The zero-order valence-electron chi connectivity index (χ0n) is 13.0. The number of aromatic amines is 1. The lowest BCUT2D eigenvalue weighted by Crippen LogP contribution is -2.23. The third-order valence-electron chi connectivity index (χ3n) is 3.23. The number of nitrogens with zero attached hydrogens (tertiary/aromatic N) is 1. The molecule has 0 aliphatic heterocycles. The number of nitrogens with one attached hydrogen (secondary N) is 2. The molecule has 0 fully saturated rings. The minimum atomic E-state index is -1.16. The number of thioether (sulfide) groups is 1. The van der Waals surface area contributed by atoms with E-state index in [1.165, 1.54) is 11.8 Å². The lowest BCUT2D eigenvalue weighted by molar-refractivity contribution is 0.102. The molecule has 0 saturated heterocycles. The van der Waals surface area contributed by atoms with Crippen LogP contribution in [0.25, 0.3) is 0 Å². The van der Waals surface area contributed by atoms with Crippen molar-refractivity contribution in [2.45, 2.75) is 30.7 Å². The summed E-state index contributed by atoms with van der Waals surface area (Å²) in [4.78, 5) is 30.7. The molecule has 0 aliphatic carbocycles. The number of rotatable bonds is 5. The highest BCUT2D eigenvalue weighted by Gasteiger charge is 2.16. The van der Waals surface area contributed by atoms with Gasteiger partial charge in [-0.2, -0.15) is 0 Å². The number of anilines is 2. The molecule has 1 amide bonds. The lowest BCUT2D eigenvalue weighted by atomic mass is 10.2. The van der Waals surface area contributed by atoms with Gasteiger partial charge in [-0.25, -0.2) is 13.8 Å². The van der Waals surface area contributed by atoms with Gasteiger partial charge >= 0.3 is 0 Å². The smallest absolute Gasteiger partial charge is 0.277 e. The van der Waals surface area contributed by atoms with E-state index in [1.807, 2.05) is 13.8 Å². The minimum absolute atomic E-state index is 0.147. The second-order valence-electron chi connectivity index (χ2n) is 5.05. The van der Waals surface area contributed by atoms with Crippen molar-refractivity contribution in [3.05, 3.63) is 45.8 Å². The highest BCUT2D eigenvalue weighted by atomic mass is 32.2. The van der Waals surface area contributed by atoms with Gasteiger partial charge in [-0.15, -0.1) is 0 Å². The first-order chi connectivity index (χ1) is 11.3. The van der Waals surface area contributed by atoms with E-state index < -0.39 is 23.1 Å². The molecule has 0 unspecified atom stereocenters. The van der Waals surface area contributed by atoms with E-state index in [0.29, 0.717) is 5.16 Å². The second kappa shape index (κ2) is 7.43. The van der Waals surface area contributed by atoms with Gasteiger partial charge in [-0.3, -0.25) is 14.6 Å². The van der Waals surface area contributed by atoms with Gasteiger partial charge in [-0.1, -0.05) is 25.6 Å². The summed E-state index contributed by atoms with van der Waals surface area (Å²) >= 11 is 1.35. The van der Waals surface area contributed by atoms with Crippen LogP contribution in [0.2, 0.25) is 0 Å². The number of benzene rings is 1.